The van der Waals surface area contributed by atoms with E-state index in [1.54, 1.807) is 30.3 Å². The highest BCUT2D eigenvalue weighted by Crippen LogP contribution is 2.30. The Morgan fingerprint density at radius 2 is 1.74 bits per heavy atom. The summed E-state index contributed by atoms with van der Waals surface area (Å²) in [4.78, 5) is 1.98. The van der Waals surface area contributed by atoms with Gasteiger partial charge in [0.1, 0.15) is 0 Å². The van der Waals surface area contributed by atoms with Gasteiger partial charge in [-0.2, -0.15) is 18.4 Å². The van der Waals surface area contributed by atoms with Gasteiger partial charge in [0.05, 0.1) is 22.9 Å². The standard InChI is InChI=1S/C22H24F3N3O2S/c1-27(15-18-5-3-7-20(13-18)22(23,24)25)21-8-10-28(11-9-21)31(29,30)16-19-6-2-4-17(12-19)14-26/h2-7,12-13,21H,8-11,15-16H2,1H3. The maximum atomic E-state index is 12.9. The number of sulfonamides is 1. The molecule has 9 heteroatoms. The van der Waals surface area contributed by atoms with E-state index in [0.717, 1.165) is 12.1 Å². The fourth-order valence-electron chi connectivity index (χ4n) is 3.86. The van der Waals surface area contributed by atoms with E-state index in [9.17, 15) is 21.6 Å². The zero-order valence-corrected chi connectivity index (χ0v) is 18.0. The van der Waals surface area contributed by atoms with E-state index in [1.165, 1.54) is 10.4 Å². The zero-order chi connectivity index (χ0) is 22.6. The first-order valence-electron chi connectivity index (χ1n) is 9.92. The summed E-state index contributed by atoms with van der Waals surface area (Å²) in [6, 6.07) is 13.9. The van der Waals surface area contributed by atoms with Crippen molar-refractivity contribution in [1.29, 1.82) is 5.26 Å². The second kappa shape index (κ2) is 9.39. The maximum absolute atomic E-state index is 12.9. The molecule has 3 rings (SSSR count). The predicted molar refractivity (Wildman–Crippen MR) is 111 cm³/mol. The van der Waals surface area contributed by atoms with E-state index in [1.807, 2.05) is 18.0 Å². The lowest BCUT2D eigenvalue weighted by atomic mass is 10.0. The summed E-state index contributed by atoms with van der Waals surface area (Å²) >= 11 is 0. The van der Waals surface area contributed by atoms with Crippen LogP contribution >= 0.6 is 0 Å². The lowest BCUT2D eigenvalue weighted by molar-refractivity contribution is -0.137. The van der Waals surface area contributed by atoms with Gasteiger partial charge in [0.2, 0.25) is 10.0 Å². The molecule has 5 nitrogen and oxygen atoms in total. The normalized spacial score (nSPS) is 16.4. The summed E-state index contributed by atoms with van der Waals surface area (Å²) in [6.07, 6.45) is -3.17. The third kappa shape index (κ3) is 6.06. The van der Waals surface area contributed by atoms with Crippen LogP contribution in [0.3, 0.4) is 0 Å². The van der Waals surface area contributed by atoms with Crippen molar-refractivity contribution < 1.29 is 21.6 Å². The summed E-state index contributed by atoms with van der Waals surface area (Å²) in [6.45, 7) is 1.08. The summed E-state index contributed by atoms with van der Waals surface area (Å²) in [5.41, 5.74) is 0.898. The predicted octanol–water partition coefficient (Wildman–Crippen LogP) is 4.00. The van der Waals surface area contributed by atoms with Gasteiger partial charge in [-0.1, -0.05) is 30.3 Å². The fourth-order valence-corrected chi connectivity index (χ4v) is 5.41. The number of hydrogen-bond acceptors (Lipinski definition) is 4. The number of alkyl halides is 3. The molecular formula is C22H24F3N3O2S. The molecule has 1 aliphatic rings. The number of piperidine rings is 1. The van der Waals surface area contributed by atoms with Crippen LogP contribution in [0.5, 0.6) is 0 Å². The van der Waals surface area contributed by atoms with E-state index in [0.29, 0.717) is 49.2 Å². The Morgan fingerprint density at radius 3 is 2.39 bits per heavy atom. The molecule has 1 saturated heterocycles. The Balaban J connectivity index is 1.58. The molecule has 0 radical (unpaired) electrons. The number of hydrogen-bond donors (Lipinski definition) is 0. The van der Waals surface area contributed by atoms with Crippen molar-refractivity contribution in [2.75, 3.05) is 20.1 Å². The van der Waals surface area contributed by atoms with Crippen LogP contribution in [0.15, 0.2) is 48.5 Å². The molecule has 1 aliphatic heterocycles. The van der Waals surface area contributed by atoms with Gasteiger partial charge in [-0.15, -0.1) is 0 Å². The van der Waals surface area contributed by atoms with Gasteiger partial charge in [0.15, 0.2) is 0 Å². The summed E-state index contributed by atoms with van der Waals surface area (Å²) < 4.78 is 65.8. The summed E-state index contributed by atoms with van der Waals surface area (Å²) in [7, 11) is -1.66. The SMILES string of the molecule is CN(Cc1cccc(C(F)(F)F)c1)C1CCN(S(=O)(=O)Cc2cccc(C#N)c2)CC1. The van der Waals surface area contributed by atoms with Crippen LogP contribution in [-0.2, 0) is 28.5 Å². The minimum atomic E-state index is -4.37. The minimum Gasteiger partial charge on any atom is -0.299 e. The third-order valence-electron chi connectivity index (χ3n) is 5.53. The van der Waals surface area contributed by atoms with E-state index < -0.39 is 21.8 Å². The lowest BCUT2D eigenvalue weighted by Gasteiger charge is -2.36. The Bertz CT molecular complexity index is 1060. The smallest absolute Gasteiger partial charge is 0.299 e. The second-order valence-electron chi connectivity index (χ2n) is 7.81. The van der Waals surface area contributed by atoms with Crippen LogP contribution in [0.4, 0.5) is 13.2 Å². The quantitative estimate of drug-likeness (QED) is 0.666. The largest absolute Gasteiger partial charge is 0.416 e. The van der Waals surface area contributed by atoms with Crippen molar-refractivity contribution in [1.82, 2.24) is 9.21 Å². The molecule has 2 aromatic carbocycles. The van der Waals surface area contributed by atoms with Gasteiger partial charge >= 0.3 is 6.18 Å². The van der Waals surface area contributed by atoms with Crippen LogP contribution in [0.25, 0.3) is 0 Å². The summed E-state index contributed by atoms with van der Waals surface area (Å²) in [5, 5.41) is 8.98. The van der Waals surface area contributed by atoms with E-state index in [2.05, 4.69) is 0 Å². The average Bonchev–Trinajstić information content (AvgIpc) is 2.73. The number of benzene rings is 2. The molecule has 1 fully saturated rings. The number of nitrogens with zero attached hydrogens (tertiary/aromatic N) is 3. The Labute approximate surface area is 180 Å². The highest BCUT2D eigenvalue weighted by Gasteiger charge is 2.32. The van der Waals surface area contributed by atoms with Crippen LogP contribution in [0.1, 0.15) is 35.1 Å². The molecule has 0 spiro atoms. The first-order valence-corrected chi connectivity index (χ1v) is 11.5. The van der Waals surface area contributed by atoms with Crippen LogP contribution in [0, 0.1) is 11.3 Å². The second-order valence-corrected chi connectivity index (χ2v) is 9.78. The number of rotatable bonds is 6. The third-order valence-corrected chi connectivity index (χ3v) is 7.38. The minimum absolute atomic E-state index is 0.0860. The van der Waals surface area contributed by atoms with Gasteiger partial charge < -0.3 is 0 Å². The highest BCUT2D eigenvalue weighted by molar-refractivity contribution is 7.88. The topological polar surface area (TPSA) is 64.4 Å². The fraction of sp³-hybridized carbons (Fsp3) is 0.409. The number of halogens is 3. The molecule has 166 valence electrons. The van der Waals surface area contributed by atoms with Crippen molar-refractivity contribution in [3.8, 4) is 6.07 Å². The Kier molecular flexibility index (Phi) is 7.04. The van der Waals surface area contributed by atoms with Gasteiger partial charge in [-0.25, -0.2) is 12.7 Å². The highest BCUT2D eigenvalue weighted by atomic mass is 32.2. The van der Waals surface area contributed by atoms with Gasteiger partial charge in [-0.05, 0) is 49.2 Å². The van der Waals surface area contributed by atoms with Crippen molar-refractivity contribution in [3.63, 3.8) is 0 Å². The van der Waals surface area contributed by atoms with Crippen molar-refractivity contribution >= 4 is 10.0 Å². The van der Waals surface area contributed by atoms with Crippen molar-refractivity contribution in [3.05, 3.63) is 70.8 Å². The van der Waals surface area contributed by atoms with E-state index >= 15 is 0 Å². The molecule has 0 unspecified atom stereocenters. The molecule has 0 amide bonds. The monoisotopic (exact) mass is 451 g/mol. The lowest BCUT2D eigenvalue weighted by Crippen LogP contribution is -2.45. The van der Waals surface area contributed by atoms with Crippen molar-refractivity contribution in [2.45, 2.75) is 37.4 Å². The van der Waals surface area contributed by atoms with Crippen LogP contribution in [-0.4, -0.2) is 43.8 Å². The zero-order valence-electron chi connectivity index (χ0n) is 17.1. The van der Waals surface area contributed by atoms with Gasteiger partial charge in [0.25, 0.3) is 0 Å². The molecule has 0 bridgehead atoms. The molecule has 0 N–H and O–H groups in total. The van der Waals surface area contributed by atoms with Crippen LogP contribution in [0.2, 0.25) is 0 Å². The first kappa shape index (κ1) is 23.3. The molecule has 0 aliphatic carbocycles. The molecular weight excluding hydrogens is 427 g/mol. The molecule has 0 aromatic heterocycles. The molecule has 1 heterocycles. The average molecular weight is 452 g/mol. The maximum Gasteiger partial charge on any atom is 0.416 e. The van der Waals surface area contributed by atoms with Gasteiger partial charge in [-0.3, -0.25) is 4.90 Å². The molecule has 0 saturated carbocycles. The molecule has 0 atom stereocenters. The van der Waals surface area contributed by atoms with Crippen LogP contribution < -0.4 is 0 Å². The summed E-state index contributed by atoms with van der Waals surface area (Å²) in [5.74, 6) is -0.159. The first-order chi connectivity index (χ1) is 14.6. The van der Waals surface area contributed by atoms with E-state index in [4.69, 9.17) is 5.26 Å². The molecule has 2 aromatic rings. The van der Waals surface area contributed by atoms with E-state index in [-0.39, 0.29) is 11.8 Å². The Hall–Kier alpha value is -2.41. The number of nitriles is 1. The Morgan fingerprint density at radius 1 is 1.10 bits per heavy atom. The van der Waals surface area contributed by atoms with Crippen molar-refractivity contribution in [2.24, 2.45) is 0 Å². The van der Waals surface area contributed by atoms with Gasteiger partial charge in [0, 0.05) is 25.7 Å². The molecule has 31 heavy (non-hydrogen) atoms.